The van der Waals surface area contributed by atoms with E-state index in [0.29, 0.717) is 22.8 Å². The molecule has 0 amide bonds. The van der Waals surface area contributed by atoms with Crippen LogP contribution in [0.3, 0.4) is 0 Å². The summed E-state index contributed by atoms with van der Waals surface area (Å²) in [6, 6.07) is 7.51. The summed E-state index contributed by atoms with van der Waals surface area (Å²) in [6.45, 7) is 5.28. The molecule has 0 bridgehead atoms. The van der Waals surface area contributed by atoms with Gasteiger partial charge in [0.25, 0.3) is 5.56 Å². The minimum Gasteiger partial charge on any atom is -0.392 e. The predicted molar refractivity (Wildman–Crippen MR) is 98.8 cm³/mol. The van der Waals surface area contributed by atoms with Crippen molar-refractivity contribution >= 4 is 24.2 Å². The number of aliphatic imine (C=N–C) groups is 1. The van der Waals surface area contributed by atoms with Crippen LogP contribution in [0.4, 0.5) is 0 Å². The fourth-order valence-electron chi connectivity index (χ4n) is 2.13. The van der Waals surface area contributed by atoms with Gasteiger partial charge in [0.15, 0.2) is 5.84 Å². The van der Waals surface area contributed by atoms with E-state index in [2.05, 4.69) is 21.8 Å². The number of nitrogens with zero attached hydrogens (tertiary/aromatic N) is 3. The molecule has 25 heavy (non-hydrogen) atoms. The highest BCUT2D eigenvalue weighted by Crippen LogP contribution is 2.11. The Bertz CT molecular complexity index is 869. The number of H-pyrrole nitrogens is 1. The first kappa shape index (κ1) is 18.7. The zero-order valence-corrected chi connectivity index (χ0v) is 14.6. The van der Waals surface area contributed by atoms with Gasteiger partial charge in [-0.25, -0.2) is 9.79 Å². The van der Waals surface area contributed by atoms with Crippen molar-refractivity contribution in [1.82, 2.24) is 9.55 Å². The van der Waals surface area contributed by atoms with Gasteiger partial charge in [0, 0.05) is 23.2 Å². The third kappa shape index (κ3) is 5.42. The molecule has 2 aromatic rings. The van der Waals surface area contributed by atoms with E-state index < -0.39 is 5.69 Å². The Morgan fingerprint density at radius 2 is 2.04 bits per heavy atom. The first-order chi connectivity index (χ1) is 12.0. The molecule has 1 N–H and O–H groups in total. The molecule has 0 saturated carbocycles. The molecular formula is C17H19ClN4O3. The van der Waals surface area contributed by atoms with Crippen molar-refractivity contribution in [2.75, 3.05) is 6.61 Å². The van der Waals surface area contributed by atoms with E-state index in [-0.39, 0.29) is 18.7 Å². The van der Waals surface area contributed by atoms with Gasteiger partial charge in [0.1, 0.15) is 6.61 Å². The van der Waals surface area contributed by atoms with E-state index in [1.54, 1.807) is 6.92 Å². The fraction of sp³-hybridized carbons (Fsp3) is 0.294. The highest BCUT2D eigenvalue weighted by Gasteiger charge is 2.04. The molecule has 1 aromatic heterocycles. The Balaban J connectivity index is 1.88. The van der Waals surface area contributed by atoms with Crippen molar-refractivity contribution in [3.63, 3.8) is 0 Å². The van der Waals surface area contributed by atoms with Gasteiger partial charge in [-0.15, -0.1) is 0 Å². The Hall–Kier alpha value is -2.67. The summed E-state index contributed by atoms with van der Waals surface area (Å²) >= 11 is 5.85. The normalized spacial score (nSPS) is 11.4. The summed E-state index contributed by atoms with van der Waals surface area (Å²) in [7, 11) is 0. The standard InChI is InChI=1S/C17H19ClN4O3/c1-12-11-20-17(24)22(16(12)23)9-10-25-21-15(19-2)8-5-13-3-6-14(18)7-4-13/h3-4,6-7,11H,2,5,8-10H2,1H3,(H,20,24)/b21-15-. The van der Waals surface area contributed by atoms with Crippen LogP contribution in [-0.4, -0.2) is 28.7 Å². The number of hydrogen-bond acceptors (Lipinski definition) is 4. The smallest absolute Gasteiger partial charge is 0.328 e. The van der Waals surface area contributed by atoms with Crippen LogP contribution >= 0.6 is 11.6 Å². The number of benzene rings is 1. The minimum absolute atomic E-state index is 0.0758. The average molecular weight is 363 g/mol. The van der Waals surface area contributed by atoms with Gasteiger partial charge < -0.3 is 9.82 Å². The van der Waals surface area contributed by atoms with Crippen LogP contribution in [0.15, 0.2) is 50.2 Å². The van der Waals surface area contributed by atoms with Crippen molar-refractivity contribution in [3.8, 4) is 0 Å². The molecule has 0 fully saturated rings. The molecule has 0 aliphatic rings. The summed E-state index contributed by atoms with van der Waals surface area (Å²) in [6.07, 6.45) is 2.65. The maximum atomic E-state index is 11.9. The third-order valence-electron chi connectivity index (χ3n) is 3.55. The Kier molecular flexibility index (Phi) is 6.71. The number of aromatic nitrogens is 2. The van der Waals surface area contributed by atoms with E-state index in [0.717, 1.165) is 16.6 Å². The predicted octanol–water partition coefficient (Wildman–Crippen LogP) is 2.16. The average Bonchev–Trinajstić information content (AvgIpc) is 2.61. The van der Waals surface area contributed by atoms with Crippen LogP contribution in [0.25, 0.3) is 0 Å². The van der Waals surface area contributed by atoms with Gasteiger partial charge in [0.2, 0.25) is 0 Å². The van der Waals surface area contributed by atoms with E-state index >= 15 is 0 Å². The lowest BCUT2D eigenvalue weighted by atomic mass is 10.1. The van der Waals surface area contributed by atoms with E-state index in [1.165, 1.54) is 6.20 Å². The van der Waals surface area contributed by atoms with Crippen molar-refractivity contribution < 1.29 is 4.84 Å². The molecule has 1 aromatic carbocycles. The SMILES string of the molecule is C=N/C(CCc1ccc(Cl)cc1)=N\OCCn1c(=O)[nH]cc(C)c1=O. The van der Waals surface area contributed by atoms with Crippen LogP contribution in [0.5, 0.6) is 0 Å². The number of hydrogen-bond donors (Lipinski definition) is 1. The summed E-state index contributed by atoms with van der Waals surface area (Å²) in [5.41, 5.74) is 0.729. The number of aromatic amines is 1. The third-order valence-corrected chi connectivity index (χ3v) is 3.80. The largest absolute Gasteiger partial charge is 0.392 e. The van der Waals surface area contributed by atoms with Gasteiger partial charge in [-0.1, -0.05) is 28.9 Å². The van der Waals surface area contributed by atoms with Crippen LogP contribution in [0.2, 0.25) is 5.02 Å². The lowest BCUT2D eigenvalue weighted by Gasteiger charge is -2.05. The van der Waals surface area contributed by atoms with Gasteiger partial charge in [-0.3, -0.25) is 9.36 Å². The van der Waals surface area contributed by atoms with Crippen molar-refractivity contribution in [2.24, 2.45) is 10.1 Å². The number of oxime groups is 1. The highest BCUT2D eigenvalue weighted by molar-refractivity contribution is 6.30. The molecule has 2 rings (SSSR count). The quantitative estimate of drug-likeness (QED) is 0.354. The molecular weight excluding hydrogens is 344 g/mol. The topological polar surface area (TPSA) is 88.8 Å². The zero-order valence-electron chi connectivity index (χ0n) is 13.9. The molecule has 8 heteroatoms. The lowest BCUT2D eigenvalue weighted by Crippen LogP contribution is -2.36. The lowest BCUT2D eigenvalue weighted by molar-refractivity contribution is 0.133. The summed E-state index contributed by atoms with van der Waals surface area (Å²) in [4.78, 5) is 35.0. The first-order valence-electron chi connectivity index (χ1n) is 7.70. The first-order valence-corrected chi connectivity index (χ1v) is 8.08. The maximum absolute atomic E-state index is 11.9. The maximum Gasteiger partial charge on any atom is 0.328 e. The number of halogens is 1. The second-order valence-corrected chi connectivity index (χ2v) is 5.80. The minimum atomic E-state index is -0.479. The molecule has 7 nitrogen and oxygen atoms in total. The molecule has 0 radical (unpaired) electrons. The molecule has 132 valence electrons. The number of aryl methyl sites for hydroxylation is 2. The van der Waals surface area contributed by atoms with Crippen molar-refractivity contribution in [3.05, 3.63) is 67.4 Å². The van der Waals surface area contributed by atoms with E-state index in [1.807, 2.05) is 24.3 Å². The number of nitrogens with one attached hydrogen (secondary N) is 1. The zero-order chi connectivity index (χ0) is 18.2. The summed E-state index contributed by atoms with van der Waals surface area (Å²) < 4.78 is 1.07. The molecule has 0 aliphatic heterocycles. The van der Waals surface area contributed by atoms with Crippen LogP contribution in [0.1, 0.15) is 17.5 Å². The van der Waals surface area contributed by atoms with Crippen LogP contribution in [-0.2, 0) is 17.8 Å². The summed E-state index contributed by atoms with van der Waals surface area (Å²) in [5, 5.41) is 4.59. The Morgan fingerprint density at radius 1 is 1.32 bits per heavy atom. The second kappa shape index (κ2) is 8.98. The van der Waals surface area contributed by atoms with E-state index in [4.69, 9.17) is 16.4 Å². The number of rotatable bonds is 7. The van der Waals surface area contributed by atoms with Gasteiger partial charge in [0.05, 0.1) is 6.54 Å². The highest BCUT2D eigenvalue weighted by atomic mass is 35.5. The monoisotopic (exact) mass is 362 g/mol. The van der Waals surface area contributed by atoms with Gasteiger partial charge >= 0.3 is 5.69 Å². The molecule has 0 spiro atoms. The Morgan fingerprint density at radius 3 is 2.72 bits per heavy atom. The molecule has 0 saturated heterocycles. The summed E-state index contributed by atoms with van der Waals surface area (Å²) in [5.74, 6) is 0.445. The van der Waals surface area contributed by atoms with E-state index in [9.17, 15) is 9.59 Å². The van der Waals surface area contributed by atoms with Crippen molar-refractivity contribution in [2.45, 2.75) is 26.3 Å². The van der Waals surface area contributed by atoms with Crippen LogP contribution in [0, 0.1) is 6.92 Å². The fourth-order valence-corrected chi connectivity index (χ4v) is 2.26. The van der Waals surface area contributed by atoms with Crippen molar-refractivity contribution in [1.29, 1.82) is 0 Å². The van der Waals surface area contributed by atoms with Gasteiger partial charge in [-0.05, 0) is 37.8 Å². The second-order valence-electron chi connectivity index (χ2n) is 5.36. The Labute approximate surface area is 149 Å². The molecule has 1 heterocycles. The van der Waals surface area contributed by atoms with Crippen LogP contribution < -0.4 is 11.2 Å². The number of amidine groups is 1. The molecule has 0 atom stereocenters. The molecule has 0 unspecified atom stereocenters. The van der Waals surface area contributed by atoms with Gasteiger partial charge in [-0.2, -0.15) is 0 Å². The molecule has 0 aliphatic carbocycles.